The first-order valence-electron chi connectivity index (χ1n) is 9.70. The standard InChI is InChI=1S/C22H26N4O/c1-16(26-11-2-3-12-26)17-4-6-18(7-5-17)19-8-9-21-20(14-19)22(23-10-13-27)25-15-24-21/h4-9,14-16,27H,2-3,10-13H2,1H3,(H,23,24,25)/t16-/m1/s1. The zero-order valence-electron chi connectivity index (χ0n) is 15.7. The molecule has 0 spiro atoms. The molecular formula is C22H26N4O. The van der Waals surface area contributed by atoms with Crippen molar-refractivity contribution >= 4 is 16.7 Å². The highest BCUT2D eigenvalue weighted by Gasteiger charge is 2.19. The van der Waals surface area contributed by atoms with Gasteiger partial charge >= 0.3 is 0 Å². The third kappa shape index (κ3) is 3.80. The largest absolute Gasteiger partial charge is 0.395 e. The normalized spacial score (nSPS) is 15.9. The van der Waals surface area contributed by atoms with Crippen LogP contribution in [0.15, 0.2) is 48.8 Å². The molecule has 2 aromatic carbocycles. The Bertz CT molecular complexity index is 904. The van der Waals surface area contributed by atoms with E-state index in [0.717, 1.165) is 22.3 Å². The number of hydrogen-bond donors (Lipinski definition) is 2. The lowest BCUT2D eigenvalue weighted by atomic mass is 9.99. The van der Waals surface area contributed by atoms with Gasteiger partial charge in [-0.1, -0.05) is 30.3 Å². The summed E-state index contributed by atoms with van der Waals surface area (Å²) in [6.45, 7) is 5.25. The van der Waals surface area contributed by atoms with E-state index in [0.29, 0.717) is 12.6 Å². The van der Waals surface area contributed by atoms with Gasteiger partial charge in [0.2, 0.25) is 0 Å². The molecule has 0 bridgehead atoms. The SMILES string of the molecule is C[C@H](c1ccc(-c2ccc3ncnc(NCCO)c3c2)cc1)N1CCCC1. The smallest absolute Gasteiger partial charge is 0.137 e. The molecule has 1 fully saturated rings. The summed E-state index contributed by atoms with van der Waals surface area (Å²) in [7, 11) is 0. The molecule has 1 aliphatic rings. The van der Waals surface area contributed by atoms with Crippen LogP contribution in [0.2, 0.25) is 0 Å². The van der Waals surface area contributed by atoms with Crippen molar-refractivity contribution < 1.29 is 5.11 Å². The van der Waals surface area contributed by atoms with Crippen molar-refractivity contribution in [2.45, 2.75) is 25.8 Å². The molecule has 1 aromatic heterocycles. The minimum absolute atomic E-state index is 0.0713. The number of anilines is 1. The molecule has 5 heteroatoms. The van der Waals surface area contributed by atoms with E-state index in [-0.39, 0.29) is 6.61 Å². The molecule has 1 atom stereocenters. The van der Waals surface area contributed by atoms with E-state index < -0.39 is 0 Å². The number of nitrogens with zero attached hydrogens (tertiary/aromatic N) is 3. The molecule has 27 heavy (non-hydrogen) atoms. The Morgan fingerprint density at radius 3 is 2.52 bits per heavy atom. The zero-order valence-corrected chi connectivity index (χ0v) is 15.7. The van der Waals surface area contributed by atoms with Crippen LogP contribution in [-0.4, -0.2) is 46.2 Å². The first-order valence-corrected chi connectivity index (χ1v) is 9.70. The third-order valence-electron chi connectivity index (χ3n) is 5.45. The van der Waals surface area contributed by atoms with Crippen LogP contribution in [0, 0.1) is 0 Å². The highest BCUT2D eigenvalue weighted by Crippen LogP contribution is 2.29. The Balaban J connectivity index is 1.61. The maximum atomic E-state index is 9.07. The molecule has 1 aliphatic heterocycles. The first-order chi connectivity index (χ1) is 13.3. The molecule has 1 saturated heterocycles. The van der Waals surface area contributed by atoms with Gasteiger partial charge in [0.15, 0.2) is 0 Å². The van der Waals surface area contributed by atoms with Crippen molar-refractivity contribution in [1.82, 2.24) is 14.9 Å². The highest BCUT2D eigenvalue weighted by molar-refractivity contribution is 5.92. The summed E-state index contributed by atoms with van der Waals surface area (Å²) in [5.74, 6) is 0.759. The summed E-state index contributed by atoms with van der Waals surface area (Å²) >= 11 is 0. The fraction of sp³-hybridized carbons (Fsp3) is 0.364. The number of nitrogens with one attached hydrogen (secondary N) is 1. The highest BCUT2D eigenvalue weighted by atomic mass is 16.3. The average molecular weight is 362 g/mol. The van der Waals surface area contributed by atoms with Gasteiger partial charge in [0.25, 0.3) is 0 Å². The molecule has 0 aliphatic carbocycles. The van der Waals surface area contributed by atoms with Crippen LogP contribution < -0.4 is 5.32 Å². The molecule has 0 amide bonds. The molecule has 0 saturated carbocycles. The predicted molar refractivity (Wildman–Crippen MR) is 110 cm³/mol. The van der Waals surface area contributed by atoms with Crippen LogP contribution in [0.4, 0.5) is 5.82 Å². The Labute approximate surface area is 160 Å². The van der Waals surface area contributed by atoms with Crippen LogP contribution in [0.1, 0.15) is 31.4 Å². The summed E-state index contributed by atoms with van der Waals surface area (Å²) in [5.41, 5.74) is 4.60. The van der Waals surface area contributed by atoms with Crippen molar-refractivity contribution in [2.75, 3.05) is 31.6 Å². The maximum absolute atomic E-state index is 9.07. The van der Waals surface area contributed by atoms with E-state index >= 15 is 0 Å². The Hall–Kier alpha value is -2.50. The monoisotopic (exact) mass is 362 g/mol. The molecule has 0 radical (unpaired) electrons. The summed E-state index contributed by atoms with van der Waals surface area (Å²) in [5, 5.41) is 13.2. The second-order valence-corrected chi connectivity index (χ2v) is 7.15. The first kappa shape index (κ1) is 17.9. The number of aliphatic hydroxyl groups excluding tert-OH is 1. The third-order valence-corrected chi connectivity index (χ3v) is 5.45. The lowest BCUT2D eigenvalue weighted by Gasteiger charge is -2.24. The number of likely N-dealkylation sites (tertiary alicyclic amines) is 1. The average Bonchev–Trinajstić information content (AvgIpc) is 3.26. The van der Waals surface area contributed by atoms with Gasteiger partial charge in [-0.2, -0.15) is 0 Å². The van der Waals surface area contributed by atoms with Gasteiger partial charge < -0.3 is 10.4 Å². The van der Waals surface area contributed by atoms with Crippen LogP contribution in [0.25, 0.3) is 22.0 Å². The van der Waals surface area contributed by atoms with Crippen LogP contribution in [0.3, 0.4) is 0 Å². The van der Waals surface area contributed by atoms with Crippen LogP contribution in [-0.2, 0) is 0 Å². The number of benzene rings is 2. The predicted octanol–water partition coefficient (Wildman–Crippen LogP) is 3.86. The lowest BCUT2D eigenvalue weighted by Crippen LogP contribution is -2.23. The van der Waals surface area contributed by atoms with Crippen molar-refractivity contribution in [3.05, 3.63) is 54.4 Å². The maximum Gasteiger partial charge on any atom is 0.137 e. The van der Waals surface area contributed by atoms with E-state index in [1.165, 1.54) is 37.1 Å². The number of fused-ring (bicyclic) bond motifs is 1. The molecule has 4 rings (SSSR count). The van der Waals surface area contributed by atoms with E-state index in [2.05, 4.69) is 63.5 Å². The number of rotatable bonds is 6. The molecule has 0 unspecified atom stereocenters. The molecule has 2 heterocycles. The molecule has 3 aromatic rings. The topological polar surface area (TPSA) is 61.3 Å². The Morgan fingerprint density at radius 1 is 1.04 bits per heavy atom. The summed E-state index contributed by atoms with van der Waals surface area (Å²) in [4.78, 5) is 11.2. The second kappa shape index (κ2) is 8.03. The minimum atomic E-state index is 0.0713. The quantitative estimate of drug-likeness (QED) is 0.697. The van der Waals surface area contributed by atoms with Crippen LogP contribution >= 0.6 is 0 Å². The van der Waals surface area contributed by atoms with Crippen molar-refractivity contribution in [3.8, 4) is 11.1 Å². The van der Waals surface area contributed by atoms with Gasteiger partial charge in [-0.15, -0.1) is 0 Å². The summed E-state index contributed by atoms with van der Waals surface area (Å²) in [6.07, 6.45) is 4.18. The number of aliphatic hydroxyl groups is 1. The molecule has 2 N–H and O–H groups in total. The number of hydrogen-bond acceptors (Lipinski definition) is 5. The van der Waals surface area contributed by atoms with Gasteiger partial charge in [0.1, 0.15) is 12.1 Å². The van der Waals surface area contributed by atoms with Crippen molar-refractivity contribution in [3.63, 3.8) is 0 Å². The van der Waals surface area contributed by atoms with E-state index in [1.54, 1.807) is 6.33 Å². The number of aromatic nitrogens is 2. The Morgan fingerprint density at radius 2 is 1.78 bits per heavy atom. The Kier molecular flexibility index (Phi) is 5.32. The van der Waals surface area contributed by atoms with E-state index in [9.17, 15) is 0 Å². The van der Waals surface area contributed by atoms with Gasteiger partial charge in [-0.3, -0.25) is 4.90 Å². The summed E-state index contributed by atoms with van der Waals surface area (Å²) < 4.78 is 0. The molecular weight excluding hydrogens is 336 g/mol. The second-order valence-electron chi connectivity index (χ2n) is 7.15. The van der Waals surface area contributed by atoms with Crippen LogP contribution in [0.5, 0.6) is 0 Å². The van der Waals surface area contributed by atoms with Gasteiger partial charge in [-0.25, -0.2) is 9.97 Å². The fourth-order valence-electron chi connectivity index (χ4n) is 3.85. The van der Waals surface area contributed by atoms with Gasteiger partial charge in [-0.05, 0) is 61.7 Å². The molecule has 5 nitrogen and oxygen atoms in total. The lowest BCUT2D eigenvalue weighted by molar-refractivity contribution is 0.263. The zero-order chi connectivity index (χ0) is 18.6. The van der Waals surface area contributed by atoms with E-state index in [1.807, 2.05) is 6.07 Å². The fourth-order valence-corrected chi connectivity index (χ4v) is 3.85. The van der Waals surface area contributed by atoms with Gasteiger partial charge in [0, 0.05) is 18.0 Å². The minimum Gasteiger partial charge on any atom is -0.395 e. The van der Waals surface area contributed by atoms with Gasteiger partial charge in [0.05, 0.1) is 12.1 Å². The molecule has 140 valence electrons. The van der Waals surface area contributed by atoms with Crippen molar-refractivity contribution in [2.24, 2.45) is 0 Å². The van der Waals surface area contributed by atoms with E-state index in [4.69, 9.17) is 5.11 Å². The van der Waals surface area contributed by atoms with Crippen molar-refractivity contribution in [1.29, 1.82) is 0 Å². The summed E-state index contributed by atoms with van der Waals surface area (Å²) in [6, 6.07) is 15.6.